The highest BCUT2D eigenvalue weighted by atomic mass is 19.1. The van der Waals surface area contributed by atoms with Crippen molar-refractivity contribution in [2.75, 3.05) is 0 Å². The second kappa shape index (κ2) is 5.62. The third-order valence-electron chi connectivity index (χ3n) is 2.27. The molecule has 0 saturated heterocycles. The van der Waals surface area contributed by atoms with E-state index in [0.29, 0.717) is 5.56 Å². The van der Waals surface area contributed by atoms with E-state index in [4.69, 9.17) is 5.73 Å². The van der Waals surface area contributed by atoms with Gasteiger partial charge in [-0.2, -0.15) is 0 Å². The molecule has 1 aromatic carbocycles. The van der Waals surface area contributed by atoms with E-state index in [1.165, 1.54) is 12.1 Å². The average molecular weight is 223 g/mol. The predicted molar refractivity (Wildman–Crippen MR) is 60.9 cm³/mol. The molecule has 2 N–H and O–H groups in total. The van der Waals surface area contributed by atoms with Crippen molar-refractivity contribution in [2.45, 2.75) is 32.7 Å². The van der Waals surface area contributed by atoms with Crippen molar-refractivity contribution in [3.63, 3.8) is 0 Å². The fourth-order valence-electron chi connectivity index (χ4n) is 1.32. The minimum Gasteiger partial charge on any atom is -0.318 e. The zero-order chi connectivity index (χ0) is 12.1. The average Bonchev–Trinajstić information content (AvgIpc) is 2.24. The van der Waals surface area contributed by atoms with Crippen LogP contribution in [0.1, 0.15) is 30.9 Å². The van der Waals surface area contributed by atoms with Gasteiger partial charge in [0.15, 0.2) is 0 Å². The summed E-state index contributed by atoms with van der Waals surface area (Å²) in [5.41, 5.74) is 5.85. The fraction of sp³-hybridized carbons (Fsp3) is 0.385. The van der Waals surface area contributed by atoms with Crippen LogP contribution in [0.25, 0.3) is 0 Å². The molecule has 1 aromatic rings. The summed E-state index contributed by atoms with van der Waals surface area (Å²) < 4.78 is 26.8. The molecule has 0 amide bonds. The van der Waals surface area contributed by atoms with Gasteiger partial charge in [-0.05, 0) is 25.0 Å². The summed E-state index contributed by atoms with van der Waals surface area (Å²) in [7, 11) is 0. The molecule has 0 radical (unpaired) electrons. The third kappa shape index (κ3) is 3.04. The Morgan fingerprint density at radius 3 is 2.69 bits per heavy atom. The second-order valence-electron chi connectivity index (χ2n) is 3.72. The monoisotopic (exact) mass is 223 g/mol. The van der Waals surface area contributed by atoms with Gasteiger partial charge in [0.2, 0.25) is 0 Å². The van der Waals surface area contributed by atoms with E-state index in [2.05, 4.69) is 11.8 Å². The van der Waals surface area contributed by atoms with Gasteiger partial charge in [-0.25, -0.2) is 8.78 Å². The molecule has 0 aliphatic rings. The lowest BCUT2D eigenvalue weighted by Gasteiger charge is -2.02. The highest BCUT2D eigenvalue weighted by molar-refractivity contribution is 5.40. The summed E-state index contributed by atoms with van der Waals surface area (Å²) >= 11 is 0. The molecule has 1 unspecified atom stereocenters. The van der Waals surface area contributed by atoms with E-state index in [1.54, 1.807) is 6.92 Å². The maximum Gasteiger partial charge on any atom is 0.144 e. The Balaban J connectivity index is 3.00. The summed E-state index contributed by atoms with van der Waals surface area (Å²) in [4.78, 5) is 0. The van der Waals surface area contributed by atoms with Crippen LogP contribution in [0.2, 0.25) is 0 Å². The van der Waals surface area contributed by atoms with Crippen molar-refractivity contribution in [3.05, 3.63) is 34.9 Å². The maximum absolute atomic E-state index is 13.5. The minimum absolute atomic E-state index is 0.188. The van der Waals surface area contributed by atoms with Crippen molar-refractivity contribution in [3.8, 4) is 11.8 Å². The zero-order valence-corrected chi connectivity index (χ0v) is 9.48. The summed E-state index contributed by atoms with van der Waals surface area (Å²) in [5.74, 6) is 3.90. The zero-order valence-electron chi connectivity index (χ0n) is 9.48. The lowest BCUT2D eigenvalue weighted by Crippen LogP contribution is -2.16. The van der Waals surface area contributed by atoms with Gasteiger partial charge in [-0.1, -0.05) is 31.3 Å². The van der Waals surface area contributed by atoms with Crippen LogP contribution in [0, 0.1) is 30.4 Å². The molecule has 0 aliphatic carbocycles. The summed E-state index contributed by atoms with van der Waals surface area (Å²) in [5, 5.41) is 0. The van der Waals surface area contributed by atoms with E-state index in [0.717, 1.165) is 12.8 Å². The first-order valence-electron chi connectivity index (χ1n) is 5.28. The first-order chi connectivity index (χ1) is 7.56. The van der Waals surface area contributed by atoms with E-state index in [9.17, 15) is 8.78 Å². The topological polar surface area (TPSA) is 26.0 Å². The normalized spacial score (nSPS) is 11.8. The summed E-state index contributed by atoms with van der Waals surface area (Å²) in [6.07, 6.45) is 1.62. The van der Waals surface area contributed by atoms with Crippen LogP contribution in [-0.2, 0) is 0 Å². The molecule has 0 bridgehead atoms. The Morgan fingerprint density at radius 1 is 1.38 bits per heavy atom. The van der Waals surface area contributed by atoms with Crippen molar-refractivity contribution in [1.82, 2.24) is 0 Å². The van der Waals surface area contributed by atoms with Crippen LogP contribution in [0.5, 0.6) is 0 Å². The fourth-order valence-corrected chi connectivity index (χ4v) is 1.32. The maximum atomic E-state index is 13.5. The van der Waals surface area contributed by atoms with Crippen molar-refractivity contribution in [2.24, 2.45) is 5.73 Å². The van der Waals surface area contributed by atoms with Crippen LogP contribution >= 0.6 is 0 Å². The number of hydrogen-bond acceptors (Lipinski definition) is 1. The Kier molecular flexibility index (Phi) is 4.45. The molecular formula is C13H15F2N. The Hall–Kier alpha value is -1.40. The van der Waals surface area contributed by atoms with Gasteiger partial charge in [-0.3, -0.25) is 0 Å². The van der Waals surface area contributed by atoms with Gasteiger partial charge < -0.3 is 5.73 Å². The summed E-state index contributed by atoms with van der Waals surface area (Å²) in [6.45, 7) is 3.56. The smallest absolute Gasteiger partial charge is 0.144 e. The van der Waals surface area contributed by atoms with Crippen molar-refractivity contribution >= 4 is 0 Å². The Bertz CT molecular complexity index is 430. The molecule has 1 nitrogen and oxygen atoms in total. The quantitative estimate of drug-likeness (QED) is 0.766. The largest absolute Gasteiger partial charge is 0.318 e. The molecule has 0 spiro atoms. The van der Waals surface area contributed by atoms with Crippen molar-refractivity contribution < 1.29 is 8.78 Å². The predicted octanol–water partition coefficient (Wildman–Crippen LogP) is 2.75. The van der Waals surface area contributed by atoms with Gasteiger partial charge in [-0.15, -0.1) is 0 Å². The number of benzene rings is 1. The minimum atomic E-state index is -0.640. The number of nitrogens with two attached hydrogens (primary N) is 1. The van der Waals surface area contributed by atoms with E-state index in [-0.39, 0.29) is 11.6 Å². The molecular weight excluding hydrogens is 208 g/mol. The van der Waals surface area contributed by atoms with Gasteiger partial charge >= 0.3 is 0 Å². The summed E-state index contributed by atoms with van der Waals surface area (Å²) in [6, 6.07) is 2.28. The molecule has 86 valence electrons. The lowest BCUT2D eigenvalue weighted by atomic mass is 10.1. The van der Waals surface area contributed by atoms with Crippen LogP contribution in [0.4, 0.5) is 8.78 Å². The van der Waals surface area contributed by atoms with Gasteiger partial charge in [0, 0.05) is 0 Å². The SMILES string of the molecule is CCCC(N)C#Cc1c(F)ccc(C)c1F. The number of aryl methyl sites for hydroxylation is 1. The molecule has 3 heteroatoms. The number of halogens is 2. The number of rotatable bonds is 2. The standard InChI is InChI=1S/C13H15F2N/c1-3-4-10(16)6-7-11-12(14)8-5-9(2)13(11)15/h5,8,10H,3-4,16H2,1-2H3. The van der Waals surface area contributed by atoms with E-state index < -0.39 is 11.6 Å². The van der Waals surface area contributed by atoms with Gasteiger partial charge in [0.1, 0.15) is 11.6 Å². The molecule has 16 heavy (non-hydrogen) atoms. The highest BCUT2D eigenvalue weighted by Gasteiger charge is 2.08. The van der Waals surface area contributed by atoms with Crippen molar-refractivity contribution in [1.29, 1.82) is 0 Å². The molecule has 0 fully saturated rings. The highest BCUT2D eigenvalue weighted by Crippen LogP contribution is 2.14. The molecule has 0 aliphatic heterocycles. The van der Waals surface area contributed by atoms with Crippen LogP contribution < -0.4 is 5.73 Å². The molecule has 0 aromatic heterocycles. The lowest BCUT2D eigenvalue weighted by molar-refractivity contribution is 0.571. The van der Waals surface area contributed by atoms with Crippen LogP contribution in [0.15, 0.2) is 12.1 Å². The van der Waals surface area contributed by atoms with Crippen LogP contribution in [-0.4, -0.2) is 6.04 Å². The molecule has 1 atom stereocenters. The van der Waals surface area contributed by atoms with Crippen LogP contribution in [0.3, 0.4) is 0 Å². The van der Waals surface area contributed by atoms with Gasteiger partial charge in [0.05, 0.1) is 11.6 Å². The van der Waals surface area contributed by atoms with E-state index >= 15 is 0 Å². The second-order valence-corrected chi connectivity index (χ2v) is 3.72. The first-order valence-corrected chi connectivity index (χ1v) is 5.28. The van der Waals surface area contributed by atoms with E-state index in [1.807, 2.05) is 6.92 Å². The van der Waals surface area contributed by atoms with Gasteiger partial charge in [0.25, 0.3) is 0 Å². The Labute approximate surface area is 94.7 Å². The molecule has 0 saturated carbocycles. The number of hydrogen-bond donors (Lipinski definition) is 1. The Morgan fingerprint density at radius 2 is 2.06 bits per heavy atom. The first kappa shape index (κ1) is 12.7. The molecule has 1 rings (SSSR count). The molecule has 0 heterocycles. The third-order valence-corrected chi connectivity index (χ3v) is 2.27.